The summed E-state index contributed by atoms with van der Waals surface area (Å²) in [6.07, 6.45) is -4.89. The van der Waals surface area contributed by atoms with Crippen molar-refractivity contribution in [1.82, 2.24) is 10.2 Å². The van der Waals surface area contributed by atoms with Crippen LogP contribution in [0.25, 0.3) is 0 Å². The quantitative estimate of drug-likeness (QED) is 0.287. The third-order valence-corrected chi connectivity index (χ3v) is 8.60. The molecule has 3 aromatic rings. The lowest BCUT2D eigenvalue weighted by atomic mass is 10.1. The van der Waals surface area contributed by atoms with Crippen molar-refractivity contribution in [2.24, 2.45) is 0 Å². The number of alkyl halides is 3. The van der Waals surface area contributed by atoms with Crippen LogP contribution in [0.2, 0.25) is 10.0 Å². The molecule has 42 heavy (non-hydrogen) atoms. The first kappa shape index (κ1) is 33.2. The van der Waals surface area contributed by atoms with E-state index in [0.717, 1.165) is 17.0 Å². The van der Waals surface area contributed by atoms with Gasteiger partial charge in [0.15, 0.2) is 0 Å². The zero-order chi connectivity index (χ0) is 31.5. The monoisotopic (exact) mass is 643 g/mol. The van der Waals surface area contributed by atoms with Gasteiger partial charge in [0.25, 0.3) is 10.0 Å². The molecule has 3 aromatic carbocycles. The fourth-order valence-corrected chi connectivity index (χ4v) is 5.85. The first-order valence-corrected chi connectivity index (χ1v) is 14.9. The molecule has 0 heterocycles. The molecule has 13 heteroatoms. The summed E-state index contributed by atoms with van der Waals surface area (Å²) in [6.45, 7) is 5.63. The predicted molar refractivity (Wildman–Crippen MR) is 157 cm³/mol. The number of halogens is 5. The molecule has 0 saturated heterocycles. The van der Waals surface area contributed by atoms with Crippen molar-refractivity contribution in [3.63, 3.8) is 0 Å². The highest BCUT2D eigenvalue weighted by Crippen LogP contribution is 2.38. The van der Waals surface area contributed by atoms with E-state index >= 15 is 0 Å². The summed E-state index contributed by atoms with van der Waals surface area (Å²) in [5, 5.41) is 2.46. The Balaban J connectivity index is 2.13. The Morgan fingerprint density at radius 1 is 0.905 bits per heavy atom. The van der Waals surface area contributed by atoms with Gasteiger partial charge in [-0.3, -0.25) is 13.9 Å². The molecule has 226 valence electrons. The molecule has 3 rings (SSSR count). The SMILES string of the molecule is CC(C(=O)NC(C)(C)C)N(Cc1ccccc1Cl)C(=O)CN(c1ccc(Cl)c(C(F)(F)F)c1)S(=O)(=O)c1ccccc1. The van der Waals surface area contributed by atoms with Crippen molar-refractivity contribution >= 4 is 50.7 Å². The average molecular weight is 645 g/mol. The fraction of sp³-hybridized carbons (Fsp3) is 0.310. The molecule has 1 atom stereocenters. The first-order valence-electron chi connectivity index (χ1n) is 12.7. The lowest BCUT2D eigenvalue weighted by molar-refractivity contribution is -0.140. The first-order chi connectivity index (χ1) is 19.4. The number of carbonyl (C=O) groups is 2. The molecule has 0 saturated carbocycles. The van der Waals surface area contributed by atoms with Gasteiger partial charge in [0.1, 0.15) is 12.6 Å². The number of amides is 2. The maximum absolute atomic E-state index is 13.9. The van der Waals surface area contributed by atoms with E-state index in [1.807, 2.05) is 0 Å². The molecule has 0 aliphatic carbocycles. The number of benzene rings is 3. The summed E-state index contributed by atoms with van der Waals surface area (Å²) in [5.74, 6) is -1.37. The van der Waals surface area contributed by atoms with E-state index in [1.165, 1.54) is 31.2 Å². The number of hydrogen-bond donors (Lipinski definition) is 1. The molecule has 0 bridgehead atoms. The lowest BCUT2D eigenvalue weighted by Gasteiger charge is -2.33. The zero-order valence-corrected chi connectivity index (χ0v) is 25.6. The number of rotatable bonds is 9. The van der Waals surface area contributed by atoms with Crippen LogP contribution in [0.1, 0.15) is 38.8 Å². The molecule has 1 N–H and O–H groups in total. The Bertz CT molecular complexity index is 1550. The van der Waals surface area contributed by atoms with E-state index in [0.29, 0.717) is 21.0 Å². The van der Waals surface area contributed by atoms with Crippen LogP contribution in [-0.2, 0) is 32.3 Å². The summed E-state index contributed by atoms with van der Waals surface area (Å²) in [7, 11) is -4.56. The van der Waals surface area contributed by atoms with Crippen molar-refractivity contribution in [2.75, 3.05) is 10.8 Å². The van der Waals surface area contributed by atoms with E-state index in [1.54, 1.807) is 51.1 Å². The number of anilines is 1. The maximum atomic E-state index is 13.9. The second kappa shape index (κ2) is 12.9. The van der Waals surface area contributed by atoms with E-state index < -0.39 is 62.4 Å². The highest BCUT2D eigenvalue weighted by molar-refractivity contribution is 7.92. The fourth-order valence-electron chi connectivity index (χ4n) is 4.00. The van der Waals surface area contributed by atoms with Crippen LogP contribution >= 0.6 is 23.2 Å². The van der Waals surface area contributed by atoms with Gasteiger partial charge < -0.3 is 10.2 Å². The third-order valence-electron chi connectivity index (χ3n) is 6.12. The minimum Gasteiger partial charge on any atom is -0.350 e. The van der Waals surface area contributed by atoms with Crippen LogP contribution in [0.4, 0.5) is 18.9 Å². The second-order valence-corrected chi connectivity index (χ2v) is 13.2. The molecule has 2 amide bonds. The molecule has 7 nitrogen and oxygen atoms in total. The smallest absolute Gasteiger partial charge is 0.350 e. The number of sulfonamides is 1. The van der Waals surface area contributed by atoms with Crippen LogP contribution < -0.4 is 9.62 Å². The maximum Gasteiger partial charge on any atom is 0.417 e. The number of nitrogens with one attached hydrogen (secondary N) is 1. The molecule has 0 spiro atoms. The Labute approximate surface area is 253 Å². The van der Waals surface area contributed by atoms with Gasteiger partial charge in [-0.1, -0.05) is 59.6 Å². The molecule has 1 unspecified atom stereocenters. The van der Waals surface area contributed by atoms with E-state index in [4.69, 9.17) is 23.2 Å². The number of hydrogen-bond acceptors (Lipinski definition) is 4. The van der Waals surface area contributed by atoms with Crippen LogP contribution in [0, 0.1) is 0 Å². The van der Waals surface area contributed by atoms with Crippen LogP contribution in [0.3, 0.4) is 0 Å². The van der Waals surface area contributed by atoms with Crippen molar-refractivity contribution < 1.29 is 31.2 Å². The van der Waals surface area contributed by atoms with E-state index in [-0.39, 0.29) is 11.4 Å². The second-order valence-electron chi connectivity index (χ2n) is 10.5. The van der Waals surface area contributed by atoms with E-state index in [9.17, 15) is 31.2 Å². The van der Waals surface area contributed by atoms with Gasteiger partial charge in [0.05, 0.1) is 21.2 Å². The Hall–Kier alpha value is -3.28. The van der Waals surface area contributed by atoms with Crippen molar-refractivity contribution in [2.45, 2.75) is 56.9 Å². The predicted octanol–water partition coefficient (Wildman–Crippen LogP) is 6.54. The minimum absolute atomic E-state index is 0.176. The number of nitrogens with zero attached hydrogens (tertiary/aromatic N) is 2. The molecule has 0 aliphatic heterocycles. The Kier molecular flexibility index (Phi) is 10.2. The van der Waals surface area contributed by atoms with Crippen LogP contribution in [0.15, 0.2) is 77.7 Å². The van der Waals surface area contributed by atoms with Gasteiger partial charge in [-0.25, -0.2) is 8.42 Å². The molecule has 0 aromatic heterocycles. The van der Waals surface area contributed by atoms with Crippen LogP contribution in [-0.4, -0.2) is 43.3 Å². The topological polar surface area (TPSA) is 86.8 Å². The standard InChI is InChI=1S/C29H30Cl2F3N3O4S/c1-19(27(39)35-28(2,3)4)36(17-20-10-8-9-13-24(20)30)26(38)18-37(42(40,41)22-11-6-5-7-12-22)21-14-15-25(31)23(16-21)29(32,33)34/h5-16,19H,17-18H2,1-4H3,(H,35,39). The van der Waals surface area contributed by atoms with Crippen molar-refractivity contribution in [3.05, 3.63) is 94.0 Å². The molecule has 0 radical (unpaired) electrons. The third kappa shape index (κ3) is 8.17. The molecular weight excluding hydrogens is 614 g/mol. The van der Waals surface area contributed by atoms with Gasteiger partial charge >= 0.3 is 6.18 Å². The van der Waals surface area contributed by atoms with Crippen LogP contribution in [0.5, 0.6) is 0 Å². The van der Waals surface area contributed by atoms with Crippen molar-refractivity contribution in [3.8, 4) is 0 Å². The minimum atomic E-state index is -4.89. The molecule has 0 aliphatic rings. The summed E-state index contributed by atoms with van der Waals surface area (Å²) >= 11 is 12.1. The normalized spacial score (nSPS) is 12.9. The molecule has 0 fully saturated rings. The van der Waals surface area contributed by atoms with Gasteiger partial charge in [-0.05, 0) is 69.7 Å². The highest BCUT2D eigenvalue weighted by atomic mass is 35.5. The van der Waals surface area contributed by atoms with Gasteiger partial charge in [0.2, 0.25) is 11.8 Å². The van der Waals surface area contributed by atoms with Crippen molar-refractivity contribution in [1.29, 1.82) is 0 Å². The Morgan fingerprint density at radius 3 is 2.07 bits per heavy atom. The summed E-state index contributed by atoms with van der Waals surface area (Å²) in [5.41, 5.74) is -1.88. The summed E-state index contributed by atoms with van der Waals surface area (Å²) < 4.78 is 69.3. The van der Waals surface area contributed by atoms with E-state index in [2.05, 4.69) is 5.32 Å². The number of carbonyl (C=O) groups excluding carboxylic acids is 2. The average Bonchev–Trinajstić information content (AvgIpc) is 2.90. The highest BCUT2D eigenvalue weighted by Gasteiger charge is 2.37. The van der Waals surface area contributed by atoms with Gasteiger partial charge in [-0.15, -0.1) is 0 Å². The Morgan fingerprint density at radius 2 is 1.50 bits per heavy atom. The zero-order valence-electron chi connectivity index (χ0n) is 23.2. The van der Waals surface area contributed by atoms with Gasteiger partial charge in [-0.2, -0.15) is 13.2 Å². The largest absolute Gasteiger partial charge is 0.417 e. The van der Waals surface area contributed by atoms with Gasteiger partial charge in [0, 0.05) is 17.1 Å². The lowest BCUT2D eigenvalue weighted by Crippen LogP contribution is -2.54. The summed E-state index contributed by atoms with van der Waals surface area (Å²) in [6, 6.07) is 15.0. The summed E-state index contributed by atoms with van der Waals surface area (Å²) in [4.78, 5) is 27.9. The molecular formula is C29H30Cl2F3N3O4S.